The molecule has 4 fully saturated rings. The van der Waals surface area contributed by atoms with E-state index in [-0.39, 0.29) is 40.7 Å². The van der Waals surface area contributed by atoms with E-state index >= 15 is 0 Å². The molecule has 105 heavy (non-hydrogen) atoms. The van der Waals surface area contributed by atoms with Gasteiger partial charge in [0.15, 0.2) is 0 Å². The van der Waals surface area contributed by atoms with Crippen molar-refractivity contribution in [2.24, 2.45) is 14.1 Å². The number of benzene rings is 4. The van der Waals surface area contributed by atoms with Crippen LogP contribution in [0.4, 0.5) is 11.4 Å². The number of aryl methyl sites for hydroxylation is 2. The number of piperazine rings is 2. The maximum atomic E-state index is 11.6. The summed E-state index contributed by atoms with van der Waals surface area (Å²) in [6, 6.07) is 22.9. The average Bonchev–Trinajstić information content (AvgIpc) is 1.71. The number of carboxylic acids is 2. The maximum absolute atomic E-state index is 11.6. The number of carbonyl (C=O) groups excluding carboxylic acids is 1. The Kier molecular flexibility index (Phi) is 47.1. The van der Waals surface area contributed by atoms with E-state index in [9.17, 15) is 24.6 Å². The summed E-state index contributed by atoms with van der Waals surface area (Å²) < 4.78 is 15.1. The molecule has 2 saturated carbocycles. The Labute approximate surface area is 807 Å². The van der Waals surface area contributed by atoms with E-state index in [0.29, 0.717) is 67.6 Å². The average molecular weight is 4340 g/mol. The molecule has 0 amide bonds. The van der Waals surface area contributed by atoms with E-state index in [1.807, 2.05) is 65.7 Å². The van der Waals surface area contributed by atoms with Gasteiger partial charge in [-0.3, -0.25) is 4.90 Å². The Balaban J connectivity index is 0.000000185. The molecule has 0 bridgehead atoms. The molecule has 15 nitrogen and oxygen atoms in total. The van der Waals surface area contributed by atoms with Crippen LogP contribution in [0.3, 0.4) is 0 Å². The molecule has 2 aliphatic carbocycles. The Hall–Kier alpha value is 11.9. The van der Waals surface area contributed by atoms with Gasteiger partial charge in [-0.05, 0) is 120 Å². The first kappa shape index (κ1) is 102. The van der Waals surface area contributed by atoms with Crippen LogP contribution in [-0.2, 0) is 31.7 Å². The molecular formula is C61H68Cl4I25N8O7-. The van der Waals surface area contributed by atoms with Gasteiger partial charge in [-0.1, -0.05) is 76.3 Å². The van der Waals surface area contributed by atoms with Crippen LogP contribution in [-0.4, -0.2) is 110 Å². The first-order valence-electron chi connectivity index (χ1n) is 30.1. The van der Waals surface area contributed by atoms with Crippen LogP contribution in [0, 0.1) is 0 Å². The van der Waals surface area contributed by atoms with Crippen LogP contribution in [0.2, 0.25) is 20.1 Å². The van der Waals surface area contributed by atoms with E-state index in [1.54, 1.807) is 30.6 Å². The molecule has 6 heterocycles. The van der Waals surface area contributed by atoms with E-state index in [2.05, 4.69) is 312 Å². The summed E-state index contributed by atoms with van der Waals surface area (Å²) in [5.74, 6) is 0.826. The number of hydrogen-bond donors (Lipinski definition) is 3. The zero-order chi connectivity index (χ0) is 76.1. The van der Waals surface area contributed by atoms with Crippen molar-refractivity contribution in [3.63, 3.8) is 0 Å². The second-order valence-electron chi connectivity index (χ2n) is 24.1. The largest absolute Gasteiger partial charge is 0.360 e. The van der Waals surface area contributed by atoms with Gasteiger partial charge in [0.2, 0.25) is 0 Å². The Bertz CT molecular complexity index is 4290. The number of hydrogen-bond acceptors (Lipinski definition) is 11. The molecule has 44 heteroatoms. The number of nitrogens with zero attached hydrogens (tertiary/aromatic N) is 7. The third-order valence-electron chi connectivity index (χ3n) is 16.6. The number of carbonyl (C=O) groups is 3. The van der Waals surface area contributed by atoms with Gasteiger partial charge in [0.25, 0.3) is 0 Å². The van der Waals surface area contributed by atoms with E-state index in [0.717, 1.165) is 151 Å². The third-order valence-corrected chi connectivity index (χ3v) is 1750. The molecule has 2 saturated heterocycles. The molecular weight excluding hydrogens is 4270 g/mol. The first-order chi connectivity index (χ1) is 49.1. The van der Waals surface area contributed by atoms with Crippen LogP contribution < -0.4 is 28.4 Å². The normalized spacial score (nSPS) is 17.2. The number of aldehydes is 1. The first-order valence-corrected chi connectivity index (χ1v) is 182. The quantitative estimate of drug-likeness (QED) is 0.0385. The Morgan fingerprint density at radius 2 is 1.01 bits per heavy atom. The van der Waals surface area contributed by atoms with Crippen molar-refractivity contribution in [3.8, 4) is 22.5 Å². The van der Waals surface area contributed by atoms with E-state index < -0.39 is 83.0 Å². The van der Waals surface area contributed by atoms with E-state index in [4.69, 9.17) is 55.4 Å². The van der Waals surface area contributed by atoms with Gasteiger partial charge in [-0.15, -0.1) is 0 Å². The predicted octanol–water partition coefficient (Wildman–Crippen LogP) is 32.1. The van der Waals surface area contributed by atoms with Crippen molar-refractivity contribution in [2.75, 3.05) is 55.6 Å². The Morgan fingerprint density at radius 1 is 0.600 bits per heavy atom. The number of aromatic nitrogens is 4. The van der Waals surface area contributed by atoms with Crippen LogP contribution >= 0.6 is 375 Å². The molecule has 4 aromatic carbocycles. The molecule has 12 rings (SSSR count). The van der Waals surface area contributed by atoms with Gasteiger partial charge >= 0.3 is 354 Å². The summed E-state index contributed by atoms with van der Waals surface area (Å²) >= 11 is 66.5. The fourth-order valence-electron chi connectivity index (χ4n) is 11.7. The summed E-state index contributed by atoms with van der Waals surface area (Å²) in [6.07, 6.45) is 9.72. The second-order valence-corrected chi connectivity index (χ2v) is 578. The zero-order valence-corrected chi connectivity index (χ0v) is 111. The fraction of sp³-hybridized carbons (Fsp3) is 0.393. The van der Waals surface area contributed by atoms with Gasteiger partial charge in [-0.25, -0.2) is 9.59 Å². The molecule has 8 aromatic rings. The second kappa shape index (κ2) is 48.4. The number of carboxylic acid groups (broad SMARTS) is 2. The van der Waals surface area contributed by atoms with Gasteiger partial charge < -0.3 is 48.3 Å². The molecule has 4 aliphatic rings. The van der Waals surface area contributed by atoms with Crippen molar-refractivity contribution in [1.29, 1.82) is 0 Å². The molecule has 0 unspecified atom stereocenters. The molecule has 0 spiro atoms. The van der Waals surface area contributed by atoms with Crippen molar-refractivity contribution in [2.45, 2.75) is 96.6 Å². The van der Waals surface area contributed by atoms with Gasteiger partial charge in [0.1, 0.15) is 29.2 Å². The summed E-state index contributed by atoms with van der Waals surface area (Å²) in [5, 5.41) is 34.5. The summed E-state index contributed by atoms with van der Waals surface area (Å²) in [5.41, 5.74) is 9.43. The molecule has 598 valence electrons. The standard InChI is InChI=1S/C30H32Cl2N4O3.C16H21N3O2.C14H11Cl2NO2.CH4.I25/c1-30(2)17-35(13-14-36(30)19-9-10-20-22(29(37)38)16-34(3)25(20)15-19)12-11-21-27(33-39-28(21)18-7-8-18)26-23(31)5-4-6-24(26)32;1-16(2)10-17-6-7-19(16)11-4-5-12-13(15(20)21)9-18(3)14(12)8-11;15-10-2-1-3-11(16)12(10)13-9(6-7-18)14(19-17-13)8-4-5-8;;1-14-16(4)18(6)20(8)22(10)24(12)25(13)23(11)21(9)19(7)17(5)15(2)3/h4-6,9-10,15-16,18H,7-8,11-14,17H2,1-3H3,(H,37,38);4-5,8-9,17H,6-7,10H2,1-3H3,(H,20,21);1-3,7-8H,4-6H2;1H4;/q;;;;-1. The number of fused-ring (bicyclic) bond motifs is 2. The molecule has 0 atom stereocenters. The SMILES string of the molecule is C.Cn1cc(C(=O)O)c2ccc(N3CCN(CCc4c(-c5c(Cl)cccc5Cl)noc4C4CC4)CC3(C)C)cc21.Cn1cc(C(=O)O)c2ccc(N3CCNCC3(C)C)cc21.I[I-]I(I)I(I)I(I)I(I)I(I)I(I)I(I)I(I)I(I)I(I)I(I)I.O=CCc1c(-c2c(Cl)cccc2Cl)noc1C1CC1. The molecule has 3 N–H and O–H groups in total. The molecule has 2 aliphatic heterocycles. The minimum absolute atomic E-state index is 0. The monoisotopic (exact) mass is 4340 g/mol. The van der Waals surface area contributed by atoms with Gasteiger partial charge in [0.05, 0.1) is 42.3 Å². The fourth-order valence-corrected chi connectivity index (χ4v) is 3990. The van der Waals surface area contributed by atoms with Crippen LogP contribution in [0.5, 0.6) is 0 Å². The minimum atomic E-state index is -0.903. The number of aromatic carboxylic acids is 2. The zero-order valence-electron chi connectivity index (χ0n) is 54.5. The number of rotatable bonds is 24. The van der Waals surface area contributed by atoms with Crippen molar-refractivity contribution in [1.82, 2.24) is 29.7 Å². The summed E-state index contributed by atoms with van der Waals surface area (Å²) in [6.45, 7) is 15.4. The van der Waals surface area contributed by atoms with Crippen molar-refractivity contribution >= 4 is 427 Å². The van der Waals surface area contributed by atoms with Gasteiger partial charge in [-0.2, -0.15) is 0 Å². The number of nitrogens with one attached hydrogen (secondary N) is 1. The van der Waals surface area contributed by atoms with Gasteiger partial charge in [0, 0.05) is 146 Å². The third kappa shape index (κ3) is 27.5. The number of anilines is 2. The Morgan fingerprint density at radius 3 is 1.40 bits per heavy atom. The molecule has 4 aromatic heterocycles. The maximum Gasteiger partial charge on any atom is 0.144 e. The number of halogens is 29. The molecule has 0 radical (unpaired) electrons. The summed E-state index contributed by atoms with van der Waals surface area (Å²) in [4.78, 5) is 41.1. The van der Waals surface area contributed by atoms with Crippen molar-refractivity contribution in [3.05, 3.63) is 139 Å². The van der Waals surface area contributed by atoms with Crippen molar-refractivity contribution < 1.29 is 46.9 Å². The van der Waals surface area contributed by atoms with Crippen LogP contribution in [0.25, 0.3) is 44.3 Å². The summed E-state index contributed by atoms with van der Waals surface area (Å²) in [7, 11) is -0.822. The minimum Gasteiger partial charge on any atom is -0.360 e. The van der Waals surface area contributed by atoms with E-state index in [1.165, 1.54) is 0 Å². The van der Waals surface area contributed by atoms with Crippen LogP contribution in [0.15, 0.2) is 94.2 Å². The smallest absolute Gasteiger partial charge is 0.144 e. The topological polar surface area (TPSA) is 175 Å². The van der Waals surface area contributed by atoms with Crippen LogP contribution in [0.1, 0.15) is 116 Å². The predicted molar refractivity (Wildman–Crippen MR) is 656 cm³/mol.